The summed E-state index contributed by atoms with van der Waals surface area (Å²) in [4.78, 5) is 0. The van der Waals surface area contributed by atoms with Crippen molar-refractivity contribution in [3.8, 4) is 12.8 Å². The van der Waals surface area contributed by atoms with Crippen molar-refractivity contribution in [3.63, 3.8) is 0 Å². The van der Waals surface area contributed by atoms with Gasteiger partial charge in [-0.2, -0.15) is 0 Å². The Morgan fingerprint density at radius 2 is 1.77 bits per heavy atom. The van der Waals surface area contributed by atoms with Gasteiger partial charge in [0.25, 0.3) is 0 Å². The highest BCUT2D eigenvalue weighted by Gasteiger charge is 2.16. The standard InChI is InChI=1S/C11H16.C2H2/c1-9-5-4-7-10-6-2-3-8-11(9)10;1-2/h7H,2-6,8H2,1H3;1-2H. The average Bonchev–Trinajstić information content (AvgIpc) is 2.22. The number of hydrogen-bond acceptors (Lipinski definition) is 0. The van der Waals surface area contributed by atoms with Gasteiger partial charge in [0.05, 0.1) is 0 Å². The molecule has 0 N–H and O–H groups in total. The van der Waals surface area contributed by atoms with Gasteiger partial charge in [0.15, 0.2) is 0 Å². The van der Waals surface area contributed by atoms with Gasteiger partial charge in [0.1, 0.15) is 0 Å². The van der Waals surface area contributed by atoms with Crippen LogP contribution < -0.4 is 0 Å². The quantitative estimate of drug-likeness (QED) is 0.489. The smallest absolute Gasteiger partial charge is 0.0277 e. The van der Waals surface area contributed by atoms with Crippen LogP contribution in [-0.4, -0.2) is 0 Å². The molecule has 0 unspecified atom stereocenters. The van der Waals surface area contributed by atoms with Crippen molar-refractivity contribution in [2.45, 2.75) is 45.4 Å². The second-order valence-electron chi connectivity index (χ2n) is 3.73. The van der Waals surface area contributed by atoms with Crippen LogP contribution in [0.1, 0.15) is 45.4 Å². The number of fused-ring (bicyclic) bond motifs is 1. The van der Waals surface area contributed by atoms with E-state index in [2.05, 4.69) is 25.8 Å². The Morgan fingerprint density at radius 3 is 2.46 bits per heavy atom. The van der Waals surface area contributed by atoms with Crippen LogP contribution in [0.4, 0.5) is 0 Å². The van der Waals surface area contributed by atoms with Crippen molar-refractivity contribution < 1.29 is 0 Å². The Kier molecular flexibility index (Phi) is 3.83. The first-order valence-corrected chi connectivity index (χ1v) is 5.09. The third kappa shape index (κ3) is 2.25. The lowest BCUT2D eigenvalue weighted by Crippen LogP contribution is -2.04. The van der Waals surface area contributed by atoms with Gasteiger partial charge in [0.2, 0.25) is 0 Å². The number of hydrogen-bond donors (Lipinski definition) is 0. The molecule has 0 nitrogen and oxygen atoms in total. The Bertz CT molecular complexity index is 250. The molecule has 0 amide bonds. The number of terminal acetylenes is 1. The lowest BCUT2D eigenvalue weighted by molar-refractivity contribution is 0.656. The Morgan fingerprint density at radius 1 is 1.08 bits per heavy atom. The zero-order valence-corrected chi connectivity index (χ0v) is 8.47. The summed E-state index contributed by atoms with van der Waals surface area (Å²) < 4.78 is 0. The molecular weight excluding hydrogens is 156 g/mol. The molecule has 70 valence electrons. The summed E-state index contributed by atoms with van der Waals surface area (Å²) in [5.41, 5.74) is 5.06. The Labute approximate surface area is 81.7 Å². The van der Waals surface area contributed by atoms with E-state index in [0.29, 0.717) is 0 Å². The summed E-state index contributed by atoms with van der Waals surface area (Å²) in [5, 5.41) is 0. The first-order valence-electron chi connectivity index (χ1n) is 5.09. The first kappa shape index (κ1) is 10.1. The molecule has 2 aliphatic rings. The SMILES string of the molecule is C#C.CC1=C2CCCCC2=CCC1. The Balaban J connectivity index is 0.000000396. The topological polar surface area (TPSA) is 0 Å². The molecule has 0 aromatic rings. The molecule has 0 radical (unpaired) electrons. The summed E-state index contributed by atoms with van der Waals surface area (Å²) in [6.07, 6.45) is 18.6. The van der Waals surface area contributed by atoms with Crippen LogP contribution >= 0.6 is 0 Å². The van der Waals surface area contributed by atoms with Crippen molar-refractivity contribution in [1.29, 1.82) is 0 Å². The Hall–Kier alpha value is -0.960. The summed E-state index contributed by atoms with van der Waals surface area (Å²) in [5.74, 6) is 0. The average molecular weight is 174 g/mol. The van der Waals surface area contributed by atoms with E-state index < -0.39 is 0 Å². The molecule has 0 heterocycles. The van der Waals surface area contributed by atoms with E-state index in [1.807, 2.05) is 0 Å². The van der Waals surface area contributed by atoms with Crippen LogP contribution in [0.15, 0.2) is 22.8 Å². The monoisotopic (exact) mass is 174 g/mol. The second-order valence-corrected chi connectivity index (χ2v) is 3.73. The van der Waals surface area contributed by atoms with E-state index in [9.17, 15) is 0 Å². The molecule has 1 saturated carbocycles. The minimum absolute atomic E-state index is 1.30. The predicted molar refractivity (Wildman–Crippen MR) is 58.4 cm³/mol. The fourth-order valence-electron chi connectivity index (χ4n) is 2.26. The maximum absolute atomic E-state index is 4.00. The van der Waals surface area contributed by atoms with Crippen LogP contribution in [0.3, 0.4) is 0 Å². The van der Waals surface area contributed by atoms with Gasteiger partial charge >= 0.3 is 0 Å². The van der Waals surface area contributed by atoms with Crippen LogP contribution in [0.25, 0.3) is 0 Å². The van der Waals surface area contributed by atoms with Gasteiger partial charge in [0, 0.05) is 0 Å². The van der Waals surface area contributed by atoms with Crippen LogP contribution in [0, 0.1) is 12.8 Å². The second kappa shape index (κ2) is 4.92. The highest BCUT2D eigenvalue weighted by atomic mass is 14.2. The highest BCUT2D eigenvalue weighted by molar-refractivity contribution is 5.39. The lowest BCUT2D eigenvalue weighted by atomic mass is 9.82. The summed E-state index contributed by atoms with van der Waals surface area (Å²) in [6.45, 7) is 2.31. The molecule has 0 aromatic heterocycles. The molecule has 2 aliphatic carbocycles. The minimum atomic E-state index is 1.30. The highest BCUT2D eigenvalue weighted by Crippen LogP contribution is 2.35. The number of rotatable bonds is 0. The summed E-state index contributed by atoms with van der Waals surface area (Å²) in [7, 11) is 0. The van der Waals surface area contributed by atoms with Gasteiger partial charge in [-0.15, -0.1) is 12.8 Å². The van der Waals surface area contributed by atoms with Gasteiger partial charge in [-0.1, -0.05) is 11.6 Å². The van der Waals surface area contributed by atoms with Crippen molar-refractivity contribution in [2.24, 2.45) is 0 Å². The van der Waals surface area contributed by atoms with Crippen molar-refractivity contribution >= 4 is 0 Å². The molecule has 0 aromatic carbocycles. The van der Waals surface area contributed by atoms with Gasteiger partial charge in [-0.05, 0) is 56.6 Å². The first-order chi connectivity index (χ1) is 6.38. The molecule has 0 heteroatoms. The lowest BCUT2D eigenvalue weighted by Gasteiger charge is -2.24. The fraction of sp³-hybridized carbons (Fsp3) is 0.538. The van der Waals surface area contributed by atoms with E-state index in [4.69, 9.17) is 0 Å². The molecule has 0 saturated heterocycles. The molecule has 0 bridgehead atoms. The van der Waals surface area contributed by atoms with Crippen LogP contribution in [-0.2, 0) is 0 Å². The molecule has 1 fully saturated rings. The third-order valence-electron chi connectivity index (χ3n) is 2.94. The molecular formula is C13H18. The summed E-state index contributed by atoms with van der Waals surface area (Å²) >= 11 is 0. The zero-order chi connectivity index (χ0) is 9.68. The van der Waals surface area contributed by atoms with Crippen molar-refractivity contribution in [2.75, 3.05) is 0 Å². The van der Waals surface area contributed by atoms with Gasteiger partial charge in [-0.25, -0.2) is 0 Å². The molecule has 13 heavy (non-hydrogen) atoms. The van der Waals surface area contributed by atoms with E-state index in [0.717, 1.165) is 0 Å². The van der Waals surface area contributed by atoms with Gasteiger partial charge in [-0.3, -0.25) is 0 Å². The van der Waals surface area contributed by atoms with E-state index >= 15 is 0 Å². The van der Waals surface area contributed by atoms with Crippen LogP contribution in [0.5, 0.6) is 0 Å². The summed E-state index contributed by atoms with van der Waals surface area (Å²) in [6, 6.07) is 0. The normalized spacial score (nSPS) is 21.0. The molecule has 0 aliphatic heterocycles. The fourth-order valence-corrected chi connectivity index (χ4v) is 2.26. The number of allylic oxidation sites excluding steroid dienone is 4. The van der Waals surface area contributed by atoms with E-state index in [1.165, 1.54) is 38.5 Å². The van der Waals surface area contributed by atoms with E-state index in [-0.39, 0.29) is 0 Å². The third-order valence-corrected chi connectivity index (χ3v) is 2.94. The maximum atomic E-state index is 4.00. The minimum Gasteiger partial charge on any atom is -0.124 e. The largest absolute Gasteiger partial charge is 0.124 e. The van der Waals surface area contributed by atoms with Gasteiger partial charge < -0.3 is 0 Å². The molecule has 0 spiro atoms. The zero-order valence-electron chi connectivity index (χ0n) is 8.47. The maximum Gasteiger partial charge on any atom is -0.0277 e. The van der Waals surface area contributed by atoms with Crippen molar-refractivity contribution in [3.05, 3.63) is 22.8 Å². The van der Waals surface area contributed by atoms with Crippen LogP contribution in [0.2, 0.25) is 0 Å². The predicted octanol–water partition coefficient (Wildman–Crippen LogP) is 3.85. The van der Waals surface area contributed by atoms with Crippen molar-refractivity contribution in [1.82, 2.24) is 0 Å². The molecule has 0 atom stereocenters. The molecule has 2 rings (SSSR count). The van der Waals surface area contributed by atoms with E-state index in [1.54, 1.807) is 16.7 Å².